The van der Waals surface area contributed by atoms with E-state index in [4.69, 9.17) is 9.97 Å². The van der Waals surface area contributed by atoms with Crippen LogP contribution in [-0.2, 0) is 5.75 Å². The lowest BCUT2D eigenvalue weighted by atomic mass is 9.90. The Hall–Kier alpha value is -2.19. The highest BCUT2D eigenvalue weighted by Gasteiger charge is 2.48. The van der Waals surface area contributed by atoms with Gasteiger partial charge in [0.25, 0.3) is 0 Å². The van der Waals surface area contributed by atoms with Crippen LogP contribution in [0.25, 0.3) is 0 Å². The van der Waals surface area contributed by atoms with E-state index >= 15 is 0 Å². The summed E-state index contributed by atoms with van der Waals surface area (Å²) in [6.07, 6.45) is 12.1. The summed E-state index contributed by atoms with van der Waals surface area (Å²) < 4.78 is 0. The van der Waals surface area contributed by atoms with Gasteiger partial charge in [-0.25, -0.2) is 4.98 Å². The molecule has 2 aliphatic carbocycles. The first-order chi connectivity index (χ1) is 18.5. The van der Waals surface area contributed by atoms with E-state index in [1.165, 1.54) is 44.9 Å². The Balaban J connectivity index is 1.56. The number of aliphatic hydroxyl groups is 1. The van der Waals surface area contributed by atoms with E-state index in [9.17, 15) is 5.11 Å². The van der Waals surface area contributed by atoms with Gasteiger partial charge in [-0.2, -0.15) is 4.98 Å². The van der Waals surface area contributed by atoms with Gasteiger partial charge in [-0.3, -0.25) is 9.98 Å². The zero-order valence-corrected chi connectivity index (χ0v) is 24.5. The van der Waals surface area contributed by atoms with Crippen LogP contribution < -0.4 is 10.6 Å². The molecule has 2 fully saturated rings. The van der Waals surface area contributed by atoms with Gasteiger partial charge >= 0.3 is 0 Å². The lowest BCUT2D eigenvalue weighted by molar-refractivity contribution is 0.217. The van der Waals surface area contributed by atoms with Crippen molar-refractivity contribution in [2.45, 2.75) is 108 Å². The van der Waals surface area contributed by atoms with Gasteiger partial charge in [-0.15, -0.1) is 11.8 Å². The maximum atomic E-state index is 9.66. The van der Waals surface area contributed by atoms with Crippen molar-refractivity contribution in [1.29, 1.82) is 0 Å². The van der Waals surface area contributed by atoms with E-state index in [0.29, 0.717) is 17.8 Å². The Bertz CT molecular complexity index is 1080. The summed E-state index contributed by atoms with van der Waals surface area (Å²) in [5, 5.41) is 17.0. The average molecular weight is 539 g/mol. The van der Waals surface area contributed by atoms with Gasteiger partial charge in [0.15, 0.2) is 0 Å². The highest BCUT2D eigenvalue weighted by molar-refractivity contribution is 7.98. The number of nitrogens with one attached hydrogen (secondary N) is 2. The van der Waals surface area contributed by atoms with Crippen LogP contribution in [0.2, 0.25) is 0 Å². The second-order valence-corrected chi connectivity index (χ2v) is 12.1. The number of rotatable bonds is 17. The van der Waals surface area contributed by atoms with Crippen LogP contribution in [0.4, 0.5) is 17.5 Å². The molecule has 2 saturated carbocycles. The number of thioether (sulfide) groups is 1. The van der Waals surface area contributed by atoms with E-state index in [-0.39, 0.29) is 12.1 Å². The smallest absolute Gasteiger partial charge is 0.225 e. The van der Waals surface area contributed by atoms with Crippen LogP contribution in [0.1, 0.15) is 101 Å². The van der Waals surface area contributed by atoms with Crippen molar-refractivity contribution in [3.8, 4) is 0 Å². The SMILES string of the molecule is C=Nc1c(SCc2c(C)nc(NC3(C(CC)CCC)CC3)nc2NCCC(CC)CO)ccnc1C1CC1. The van der Waals surface area contributed by atoms with Gasteiger partial charge in [-0.1, -0.05) is 40.0 Å². The Kier molecular flexibility index (Phi) is 10.0. The highest BCUT2D eigenvalue weighted by Crippen LogP contribution is 2.48. The molecule has 0 radical (unpaired) electrons. The molecule has 3 N–H and O–H groups in total. The molecule has 2 aliphatic rings. The summed E-state index contributed by atoms with van der Waals surface area (Å²) in [6, 6.07) is 2.04. The minimum absolute atomic E-state index is 0.135. The zero-order valence-electron chi connectivity index (χ0n) is 23.7. The van der Waals surface area contributed by atoms with Crippen molar-refractivity contribution >= 4 is 35.9 Å². The molecule has 2 unspecified atom stereocenters. The molecule has 0 saturated heterocycles. The first kappa shape index (κ1) is 28.8. The van der Waals surface area contributed by atoms with Crippen molar-refractivity contribution in [3.63, 3.8) is 0 Å². The van der Waals surface area contributed by atoms with Crippen LogP contribution >= 0.6 is 11.8 Å². The standard InChI is InChI=1S/C30H46N6OS/c1-6-9-23(8-3)30(14-15-30)36-29-34-20(4)24(28(35-29)33-16-12-21(7-2)18-37)19-38-25-13-17-32-26(22-10-11-22)27(25)31-5/h13,17,21-23,37H,5-12,14-16,18-19H2,1-4H3,(H2,33,34,35,36). The third kappa shape index (κ3) is 6.87. The molecule has 208 valence electrons. The average Bonchev–Trinajstić information content (AvgIpc) is 3.85. The zero-order chi connectivity index (χ0) is 27.1. The van der Waals surface area contributed by atoms with Crippen LogP contribution in [0.5, 0.6) is 0 Å². The first-order valence-corrected chi connectivity index (χ1v) is 15.6. The highest BCUT2D eigenvalue weighted by atomic mass is 32.2. The number of pyridine rings is 1. The van der Waals surface area contributed by atoms with E-state index in [0.717, 1.165) is 64.4 Å². The Labute approximate surface area is 233 Å². The van der Waals surface area contributed by atoms with Crippen molar-refractivity contribution in [3.05, 3.63) is 29.2 Å². The van der Waals surface area contributed by atoms with E-state index in [2.05, 4.69) is 55.0 Å². The fourth-order valence-corrected chi connectivity index (χ4v) is 6.64. The van der Waals surface area contributed by atoms with Crippen molar-refractivity contribution in [2.75, 3.05) is 23.8 Å². The number of aliphatic hydroxyl groups excluding tert-OH is 1. The van der Waals surface area contributed by atoms with Crippen LogP contribution in [-0.4, -0.2) is 45.5 Å². The van der Waals surface area contributed by atoms with E-state index in [1.807, 2.05) is 12.3 Å². The quantitative estimate of drug-likeness (QED) is 0.144. The van der Waals surface area contributed by atoms with Gasteiger partial charge in [0.1, 0.15) is 5.82 Å². The summed E-state index contributed by atoms with van der Waals surface area (Å²) in [5.41, 5.74) is 4.25. The first-order valence-electron chi connectivity index (χ1n) is 14.6. The van der Waals surface area contributed by atoms with E-state index < -0.39 is 0 Å². The third-order valence-corrected chi connectivity index (χ3v) is 9.44. The summed E-state index contributed by atoms with van der Waals surface area (Å²) in [4.78, 5) is 20.1. The topological polar surface area (TPSA) is 95.3 Å². The van der Waals surface area contributed by atoms with Crippen LogP contribution in [0.15, 0.2) is 22.2 Å². The Morgan fingerprint density at radius 1 is 1.18 bits per heavy atom. The number of aliphatic imine (C=N–C) groups is 1. The molecular weight excluding hydrogens is 492 g/mol. The summed E-state index contributed by atoms with van der Waals surface area (Å²) in [7, 11) is 0. The molecule has 8 heteroatoms. The van der Waals surface area contributed by atoms with Gasteiger partial charge in [0.05, 0.1) is 11.4 Å². The number of nitrogens with zero attached hydrogens (tertiary/aromatic N) is 4. The number of anilines is 2. The van der Waals surface area contributed by atoms with Crippen LogP contribution in [0, 0.1) is 18.8 Å². The Morgan fingerprint density at radius 3 is 2.58 bits per heavy atom. The fraction of sp³-hybridized carbons (Fsp3) is 0.667. The van der Waals surface area contributed by atoms with Crippen LogP contribution in [0.3, 0.4) is 0 Å². The summed E-state index contributed by atoms with van der Waals surface area (Å²) in [6.45, 7) is 13.6. The molecule has 4 rings (SSSR count). The number of aromatic nitrogens is 3. The summed E-state index contributed by atoms with van der Waals surface area (Å²) >= 11 is 1.75. The molecule has 0 amide bonds. The molecule has 0 aromatic carbocycles. The summed E-state index contributed by atoms with van der Waals surface area (Å²) in [5.74, 6) is 3.83. The molecule has 0 spiro atoms. The molecule has 2 heterocycles. The Morgan fingerprint density at radius 2 is 1.97 bits per heavy atom. The molecule has 38 heavy (non-hydrogen) atoms. The molecular formula is C30H46N6OS. The minimum Gasteiger partial charge on any atom is -0.396 e. The molecule has 0 bridgehead atoms. The van der Waals surface area contributed by atoms with Gasteiger partial charge in [0, 0.05) is 52.7 Å². The molecule has 2 atom stereocenters. The number of hydrogen-bond acceptors (Lipinski definition) is 8. The van der Waals surface area contributed by atoms with Crippen molar-refractivity contribution in [1.82, 2.24) is 15.0 Å². The van der Waals surface area contributed by atoms with Gasteiger partial charge < -0.3 is 15.7 Å². The third-order valence-electron chi connectivity index (χ3n) is 8.37. The normalized spacial score (nSPS) is 17.6. The predicted molar refractivity (Wildman–Crippen MR) is 160 cm³/mol. The lowest BCUT2D eigenvalue weighted by Gasteiger charge is -2.27. The number of aryl methyl sites for hydroxylation is 1. The minimum atomic E-state index is 0.135. The van der Waals surface area contributed by atoms with Gasteiger partial charge in [0.2, 0.25) is 5.95 Å². The van der Waals surface area contributed by atoms with Crippen molar-refractivity contribution < 1.29 is 5.11 Å². The molecule has 2 aromatic rings. The fourth-order valence-electron chi connectivity index (χ4n) is 5.53. The lowest BCUT2D eigenvalue weighted by Crippen LogP contribution is -2.32. The predicted octanol–water partition coefficient (Wildman–Crippen LogP) is 7.27. The monoisotopic (exact) mass is 538 g/mol. The maximum absolute atomic E-state index is 9.66. The largest absolute Gasteiger partial charge is 0.396 e. The molecule has 0 aliphatic heterocycles. The molecule has 2 aromatic heterocycles. The van der Waals surface area contributed by atoms with Crippen molar-refractivity contribution in [2.24, 2.45) is 16.8 Å². The van der Waals surface area contributed by atoms with E-state index in [1.54, 1.807) is 11.8 Å². The molecule has 7 nitrogen and oxygen atoms in total. The number of hydrogen-bond donors (Lipinski definition) is 3. The van der Waals surface area contributed by atoms with Gasteiger partial charge in [-0.05, 0) is 70.1 Å². The second-order valence-electron chi connectivity index (χ2n) is 11.1. The second kappa shape index (κ2) is 13.2. The maximum Gasteiger partial charge on any atom is 0.225 e.